The molecule has 3 N–H and O–H groups in total. The number of nitrogen functional groups attached to an aromatic ring is 1. The van der Waals surface area contributed by atoms with Gasteiger partial charge in [-0.3, -0.25) is 5.41 Å². The van der Waals surface area contributed by atoms with Crippen LogP contribution in [0, 0.1) is 5.41 Å². The van der Waals surface area contributed by atoms with Gasteiger partial charge >= 0.3 is 0 Å². The smallest absolute Gasteiger partial charge is 0.220 e. The summed E-state index contributed by atoms with van der Waals surface area (Å²) in [7, 11) is 1.60. The molecule has 0 spiro atoms. The van der Waals surface area contributed by atoms with E-state index in [9.17, 15) is 0 Å². The van der Waals surface area contributed by atoms with Crippen LogP contribution in [-0.4, -0.2) is 17.9 Å². The van der Waals surface area contributed by atoms with E-state index in [4.69, 9.17) is 20.6 Å². The van der Waals surface area contributed by atoms with E-state index >= 15 is 0 Å². The molecule has 0 radical (unpaired) electrons. The maximum absolute atomic E-state index is 7.41. The molecule has 0 amide bonds. The van der Waals surface area contributed by atoms with Gasteiger partial charge in [-0.25, -0.2) is 4.98 Å². The molecule has 5 nitrogen and oxygen atoms in total. The second kappa shape index (κ2) is 6.06. The Morgan fingerprint density at radius 2 is 2.05 bits per heavy atom. The number of nitrogens with zero attached hydrogens (tertiary/aromatic N) is 1. The molecule has 0 atom stereocenters. The Hall–Kier alpha value is -2.56. The minimum atomic E-state index is -0.0226. The number of hydrogen-bond donors (Lipinski definition) is 2. The number of pyridine rings is 1. The van der Waals surface area contributed by atoms with Crippen LogP contribution in [0.2, 0.25) is 0 Å². The molecule has 2 aromatic rings. The Kier molecular flexibility index (Phi) is 4.20. The van der Waals surface area contributed by atoms with Gasteiger partial charge in [0.1, 0.15) is 5.84 Å². The van der Waals surface area contributed by atoms with Crippen LogP contribution in [0.4, 0.5) is 0 Å². The minimum Gasteiger partial charge on any atom is -0.493 e. The van der Waals surface area contributed by atoms with Crippen LogP contribution in [0.5, 0.6) is 17.4 Å². The normalized spacial score (nSPS) is 10.1. The lowest BCUT2D eigenvalue weighted by atomic mass is 10.1. The molecule has 104 valence electrons. The zero-order valence-electron chi connectivity index (χ0n) is 11.5. The number of benzene rings is 1. The van der Waals surface area contributed by atoms with Gasteiger partial charge in [0.05, 0.1) is 7.11 Å². The average Bonchev–Trinajstić information content (AvgIpc) is 2.48. The number of aromatic nitrogens is 1. The number of nitrogens with two attached hydrogens (primary N) is 1. The van der Waals surface area contributed by atoms with E-state index in [-0.39, 0.29) is 5.84 Å². The molecule has 2 rings (SSSR count). The summed E-state index contributed by atoms with van der Waals surface area (Å²) in [5, 5.41) is 7.41. The van der Waals surface area contributed by atoms with Crippen LogP contribution >= 0.6 is 0 Å². The first-order valence-corrected chi connectivity index (χ1v) is 6.29. The quantitative estimate of drug-likeness (QED) is 0.647. The van der Waals surface area contributed by atoms with Gasteiger partial charge in [-0.05, 0) is 30.2 Å². The van der Waals surface area contributed by atoms with Crippen molar-refractivity contribution in [2.45, 2.75) is 13.3 Å². The van der Waals surface area contributed by atoms with Gasteiger partial charge in [-0.1, -0.05) is 13.0 Å². The maximum atomic E-state index is 7.41. The van der Waals surface area contributed by atoms with E-state index in [0.29, 0.717) is 22.9 Å². The Morgan fingerprint density at radius 3 is 2.70 bits per heavy atom. The highest BCUT2D eigenvalue weighted by Crippen LogP contribution is 2.31. The number of rotatable bonds is 5. The van der Waals surface area contributed by atoms with Crippen LogP contribution in [0.1, 0.15) is 18.1 Å². The SMILES string of the molecule is CCc1ccc(Oc2cc(C(=N)N)ccn2)c(OC)c1. The largest absolute Gasteiger partial charge is 0.493 e. The van der Waals surface area contributed by atoms with Crippen LogP contribution in [0.25, 0.3) is 0 Å². The van der Waals surface area contributed by atoms with Crippen molar-refractivity contribution in [1.29, 1.82) is 5.41 Å². The van der Waals surface area contributed by atoms with E-state index in [1.807, 2.05) is 18.2 Å². The van der Waals surface area contributed by atoms with Crippen LogP contribution in [-0.2, 0) is 6.42 Å². The first-order chi connectivity index (χ1) is 9.63. The summed E-state index contributed by atoms with van der Waals surface area (Å²) in [5.74, 6) is 1.59. The molecule has 0 aliphatic rings. The van der Waals surface area contributed by atoms with Crippen molar-refractivity contribution >= 4 is 5.84 Å². The molecule has 5 heteroatoms. The summed E-state index contributed by atoms with van der Waals surface area (Å²) >= 11 is 0. The van der Waals surface area contributed by atoms with Gasteiger partial charge in [0.15, 0.2) is 11.5 Å². The lowest BCUT2D eigenvalue weighted by molar-refractivity contribution is 0.373. The van der Waals surface area contributed by atoms with Crippen molar-refractivity contribution in [1.82, 2.24) is 4.98 Å². The average molecular weight is 271 g/mol. The summed E-state index contributed by atoms with van der Waals surface area (Å²) in [6.07, 6.45) is 2.48. The third kappa shape index (κ3) is 3.06. The van der Waals surface area contributed by atoms with E-state index < -0.39 is 0 Å². The first kappa shape index (κ1) is 13.9. The molecule has 1 aromatic heterocycles. The highest BCUT2D eigenvalue weighted by molar-refractivity contribution is 5.95. The van der Waals surface area contributed by atoms with Gasteiger partial charge in [0.25, 0.3) is 0 Å². The Bertz CT molecular complexity index is 626. The van der Waals surface area contributed by atoms with E-state index in [1.165, 1.54) is 5.56 Å². The third-order valence-corrected chi connectivity index (χ3v) is 2.90. The lowest BCUT2D eigenvalue weighted by Gasteiger charge is -2.11. The summed E-state index contributed by atoms with van der Waals surface area (Å²) in [5.41, 5.74) is 7.18. The summed E-state index contributed by atoms with van der Waals surface area (Å²) in [6, 6.07) is 9.04. The van der Waals surface area contributed by atoms with Gasteiger partial charge in [0.2, 0.25) is 5.88 Å². The molecule has 0 aliphatic heterocycles. The molecule has 0 bridgehead atoms. The molecular weight excluding hydrogens is 254 g/mol. The predicted molar refractivity (Wildman–Crippen MR) is 77.7 cm³/mol. The van der Waals surface area contributed by atoms with Crippen LogP contribution in [0.15, 0.2) is 36.5 Å². The molecule has 0 saturated heterocycles. The van der Waals surface area contributed by atoms with Crippen molar-refractivity contribution < 1.29 is 9.47 Å². The molecule has 1 aromatic carbocycles. The molecule has 1 heterocycles. The first-order valence-electron chi connectivity index (χ1n) is 6.29. The predicted octanol–water partition coefficient (Wildman–Crippen LogP) is 2.73. The fraction of sp³-hybridized carbons (Fsp3) is 0.200. The maximum Gasteiger partial charge on any atom is 0.220 e. The second-order valence-electron chi connectivity index (χ2n) is 4.24. The molecular formula is C15H17N3O2. The third-order valence-electron chi connectivity index (χ3n) is 2.90. The number of nitrogens with one attached hydrogen (secondary N) is 1. The topological polar surface area (TPSA) is 81.2 Å². The molecule has 0 aliphatic carbocycles. The van der Waals surface area contributed by atoms with Crippen molar-refractivity contribution in [2.24, 2.45) is 5.73 Å². The number of methoxy groups -OCH3 is 1. The number of ether oxygens (including phenoxy) is 2. The van der Waals surface area contributed by atoms with Crippen molar-refractivity contribution in [3.05, 3.63) is 47.7 Å². The van der Waals surface area contributed by atoms with Gasteiger partial charge in [-0.2, -0.15) is 0 Å². The minimum absolute atomic E-state index is 0.0226. The Labute approximate surface area is 117 Å². The van der Waals surface area contributed by atoms with Crippen molar-refractivity contribution in [3.8, 4) is 17.4 Å². The van der Waals surface area contributed by atoms with Crippen LogP contribution in [0.3, 0.4) is 0 Å². The zero-order chi connectivity index (χ0) is 14.5. The van der Waals surface area contributed by atoms with Gasteiger partial charge in [0, 0.05) is 17.8 Å². The summed E-state index contributed by atoms with van der Waals surface area (Å²) < 4.78 is 11.0. The number of aryl methyl sites for hydroxylation is 1. The van der Waals surface area contributed by atoms with Crippen LogP contribution < -0.4 is 15.2 Å². The Morgan fingerprint density at radius 1 is 1.25 bits per heavy atom. The van der Waals surface area contributed by atoms with Gasteiger partial charge in [-0.15, -0.1) is 0 Å². The lowest BCUT2D eigenvalue weighted by Crippen LogP contribution is -2.11. The molecule has 0 unspecified atom stereocenters. The summed E-state index contributed by atoms with van der Waals surface area (Å²) in [4.78, 5) is 4.11. The number of amidine groups is 1. The zero-order valence-corrected chi connectivity index (χ0v) is 11.5. The van der Waals surface area contributed by atoms with E-state index in [1.54, 1.807) is 25.4 Å². The molecule has 0 fully saturated rings. The van der Waals surface area contributed by atoms with Crippen molar-refractivity contribution in [3.63, 3.8) is 0 Å². The highest BCUT2D eigenvalue weighted by atomic mass is 16.5. The number of hydrogen-bond acceptors (Lipinski definition) is 4. The molecule has 20 heavy (non-hydrogen) atoms. The highest BCUT2D eigenvalue weighted by Gasteiger charge is 2.08. The molecule has 0 saturated carbocycles. The second-order valence-corrected chi connectivity index (χ2v) is 4.24. The summed E-state index contributed by atoms with van der Waals surface area (Å²) in [6.45, 7) is 2.08. The Balaban J connectivity index is 2.29. The van der Waals surface area contributed by atoms with E-state index in [2.05, 4.69) is 11.9 Å². The van der Waals surface area contributed by atoms with Crippen molar-refractivity contribution in [2.75, 3.05) is 7.11 Å². The van der Waals surface area contributed by atoms with Gasteiger partial charge < -0.3 is 15.2 Å². The standard InChI is InChI=1S/C15H17N3O2/c1-3-10-4-5-12(13(8-10)19-2)20-14-9-11(15(16)17)6-7-18-14/h4-9H,3H2,1-2H3,(H3,16,17). The fourth-order valence-electron chi connectivity index (χ4n) is 1.76. The fourth-order valence-corrected chi connectivity index (χ4v) is 1.76. The van der Waals surface area contributed by atoms with E-state index in [0.717, 1.165) is 6.42 Å². The monoisotopic (exact) mass is 271 g/mol.